The molecule has 1 heterocycles. The highest BCUT2D eigenvalue weighted by Gasteiger charge is 2.20. The number of rotatable bonds is 7. The molecule has 0 atom stereocenters. The van der Waals surface area contributed by atoms with Crippen molar-refractivity contribution in [2.45, 2.75) is 18.4 Å². The van der Waals surface area contributed by atoms with Crippen LogP contribution in [0.15, 0.2) is 23.1 Å². The Hall–Kier alpha value is -2.46. The van der Waals surface area contributed by atoms with Crippen molar-refractivity contribution in [1.82, 2.24) is 19.7 Å². The number of benzene rings is 1. The minimum Gasteiger partial charge on any atom is -0.495 e. The van der Waals surface area contributed by atoms with Gasteiger partial charge in [0.1, 0.15) is 10.6 Å². The summed E-state index contributed by atoms with van der Waals surface area (Å²) in [6.07, 6.45) is 0. The molecule has 0 amide bonds. The van der Waals surface area contributed by atoms with Gasteiger partial charge in [0.15, 0.2) is 5.82 Å². The number of methoxy groups -OCH3 is 1. The summed E-state index contributed by atoms with van der Waals surface area (Å²) < 4.78 is 33.1. The number of nitrogens with zero attached hydrogens (tertiary/aromatic N) is 5. The van der Waals surface area contributed by atoms with Crippen LogP contribution in [-0.2, 0) is 16.6 Å². The minimum absolute atomic E-state index is 0.0658. The second-order valence-corrected chi connectivity index (χ2v) is 7.85. The first-order chi connectivity index (χ1) is 12.1. The van der Waals surface area contributed by atoms with Crippen molar-refractivity contribution in [2.75, 3.05) is 45.1 Å². The Morgan fingerprint density at radius 3 is 2.12 bits per heavy atom. The Morgan fingerprint density at radius 1 is 1.04 bits per heavy atom. The van der Waals surface area contributed by atoms with Gasteiger partial charge in [0.05, 0.1) is 13.7 Å². The fourth-order valence-corrected chi connectivity index (χ4v) is 3.34. The van der Waals surface area contributed by atoms with Crippen LogP contribution < -0.4 is 19.3 Å². The van der Waals surface area contributed by atoms with Crippen molar-refractivity contribution in [3.05, 3.63) is 29.6 Å². The van der Waals surface area contributed by atoms with E-state index >= 15 is 0 Å². The van der Waals surface area contributed by atoms with Crippen LogP contribution in [0.3, 0.4) is 0 Å². The second-order valence-electron chi connectivity index (χ2n) is 6.12. The Morgan fingerprint density at radius 2 is 1.62 bits per heavy atom. The van der Waals surface area contributed by atoms with Crippen molar-refractivity contribution in [2.24, 2.45) is 0 Å². The zero-order valence-corrected chi connectivity index (χ0v) is 16.6. The monoisotopic (exact) mass is 380 g/mol. The molecular formula is C16H24N6O3S. The van der Waals surface area contributed by atoms with Gasteiger partial charge in [-0.3, -0.25) is 0 Å². The lowest BCUT2D eigenvalue weighted by atomic mass is 10.2. The molecule has 26 heavy (non-hydrogen) atoms. The lowest BCUT2D eigenvalue weighted by Gasteiger charge is -2.16. The number of anilines is 2. The van der Waals surface area contributed by atoms with Crippen LogP contribution in [0, 0.1) is 6.92 Å². The van der Waals surface area contributed by atoms with E-state index in [-0.39, 0.29) is 17.2 Å². The van der Waals surface area contributed by atoms with Crippen LogP contribution in [0.2, 0.25) is 0 Å². The van der Waals surface area contributed by atoms with Crippen LogP contribution in [0.4, 0.5) is 11.9 Å². The van der Waals surface area contributed by atoms with Gasteiger partial charge in [0.25, 0.3) is 0 Å². The molecule has 0 aliphatic rings. The lowest BCUT2D eigenvalue weighted by Crippen LogP contribution is -2.27. The van der Waals surface area contributed by atoms with Gasteiger partial charge in [-0.05, 0) is 24.6 Å². The molecule has 142 valence electrons. The maximum atomic E-state index is 12.7. The van der Waals surface area contributed by atoms with E-state index in [1.807, 2.05) is 6.92 Å². The second kappa shape index (κ2) is 7.83. The summed E-state index contributed by atoms with van der Waals surface area (Å²) in [7, 11) is 4.86. The van der Waals surface area contributed by atoms with Gasteiger partial charge in [-0.1, -0.05) is 6.07 Å². The SMILES string of the molecule is COc1ccc(C)cc1S(=O)(=O)NCc1nc(N(C)C)nc(N(C)C)n1. The van der Waals surface area contributed by atoms with Gasteiger partial charge in [-0.25, -0.2) is 13.1 Å². The first-order valence-electron chi connectivity index (χ1n) is 7.88. The third-order valence-electron chi connectivity index (χ3n) is 3.49. The van der Waals surface area contributed by atoms with E-state index in [9.17, 15) is 8.42 Å². The topological polar surface area (TPSA) is 101 Å². The van der Waals surface area contributed by atoms with Gasteiger partial charge in [-0.15, -0.1) is 0 Å². The number of hydrogen-bond acceptors (Lipinski definition) is 8. The molecule has 2 rings (SSSR count). The maximum absolute atomic E-state index is 12.7. The van der Waals surface area contributed by atoms with E-state index in [0.29, 0.717) is 17.7 Å². The molecule has 0 saturated heterocycles. The number of aromatic nitrogens is 3. The van der Waals surface area contributed by atoms with E-state index in [4.69, 9.17) is 4.74 Å². The Balaban J connectivity index is 2.31. The van der Waals surface area contributed by atoms with Crippen LogP contribution in [0.1, 0.15) is 11.4 Å². The largest absolute Gasteiger partial charge is 0.495 e. The molecule has 1 aromatic heterocycles. The Labute approximate surface area is 154 Å². The third-order valence-corrected chi connectivity index (χ3v) is 4.91. The standard InChI is InChI=1S/C16H24N6O3S/c1-11-7-8-12(25-6)13(9-11)26(23,24)17-10-14-18-15(21(2)3)20-16(19-14)22(4)5/h7-9,17H,10H2,1-6H3. The van der Waals surface area contributed by atoms with Crippen molar-refractivity contribution < 1.29 is 13.2 Å². The van der Waals surface area contributed by atoms with Gasteiger partial charge in [0.2, 0.25) is 21.9 Å². The van der Waals surface area contributed by atoms with E-state index in [1.165, 1.54) is 7.11 Å². The zero-order chi connectivity index (χ0) is 19.5. The number of sulfonamides is 1. The Bertz CT molecular complexity index is 857. The molecule has 1 N–H and O–H groups in total. The van der Waals surface area contributed by atoms with E-state index in [2.05, 4.69) is 19.7 Å². The zero-order valence-electron chi connectivity index (χ0n) is 15.8. The average Bonchev–Trinajstić information content (AvgIpc) is 2.59. The average molecular weight is 380 g/mol. The van der Waals surface area contributed by atoms with Crippen molar-refractivity contribution in [3.63, 3.8) is 0 Å². The molecular weight excluding hydrogens is 356 g/mol. The third kappa shape index (κ3) is 4.58. The fourth-order valence-electron chi connectivity index (χ4n) is 2.11. The van der Waals surface area contributed by atoms with Crippen LogP contribution in [-0.4, -0.2) is 58.7 Å². The maximum Gasteiger partial charge on any atom is 0.244 e. The molecule has 9 nitrogen and oxygen atoms in total. The normalized spacial score (nSPS) is 11.3. The van der Waals surface area contributed by atoms with E-state index in [0.717, 1.165) is 5.56 Å². The summed E-state index contributed by atoms with van der Waals surface area (Å²) in [5.41, 5.74) is 0.816. The number of hydrogen-bond donors (Lipinski definition) is 1. The molecule has 0 saturated carbocycles. The van der Waals surface area contributed by atoms with Crippen molar-refractivity contribution in [1.29, 1.82) is 0 Å². The van der Waals surface area contributed by atoms with Gasteiger partial charge in [-0.2, -0.15) is 15.0 Å². The van der Waals surface area contributed by atoms with Crippen molar-refractivity contribution in [3.8, 4) is 5.75 Å². The molecule has 0 aliphatic carbocycles. The highest BCUT2D eigenvalue weighted by Crippen LogP contribution is 2.24. The molecule has 1 aromatic carbocycles. The summed E-state index contributed by atoms with van der Waals surface area (Å²) in [4.78, 5) is 16.4. The number of aryl methyl sites for hydroxylation is 1. The van der Waals surface area contributed by atoms with Gasteiger partial charge in [0, 0.05) is 28.2 Å². The predicted molar refractivity (Wildman–Crippen MR) is 100 cm³/mol. The molecule has 0 spiro atoms. The van der Waals surface area contributed by atoms with Crippen molar-refractivity contribution >= 4 is 21.9 Å². The predicted octanol–water partition coefficient (Wildman–Crippen LogP) is 0.799. The molecule has 0 radical (unpaired) electrons. The summed E-state index contributed by atoms with van der Waals surface area (Å²) in [5.74, 6) is 1.50. The quantitative estimate of drug-likeness (QED) is 0.753. The Kier molecular flexibility index (Phi) is 5.98. The van der Waals surface area contributed by atoms with Crippen LogP contribution in [0.25, 0.3) is 0 Å². The molecule has 0 aliphatic heterocycles. The van der Waals surface area contributed by atoms with Crippen LogP contribution >= 0.6 is 0 Å². The molecule has 10 heteroatoms. The summed E-state index contributed by atoms with van der Waals surface area (Å²) >= 11 is 0. The number of nitrogens with one attached hydrogen (secondary N) is 1. The highest BCUT2D eigenvalue weighted by atomic mass is 32.2. The fraction of sp³-hybridized carbons (Fsp3) is 0.438. The van der Waals surface area contributed by atoms with E-state index < -0.39 is 10.0 Å². The van der Waals surface area contributed by atoms with E-state index in [1.54, 1.807) is 56.2 Å². The van der Waals surface area contributed by atoms with Crippen LogP contribution in [0.5, 0.6) is 5.75 Å². The lowest BCUT2D eigenvalue weighted by molar-refractivity contribution is 0.402. The first-order valence-corrected chi connectivity index (χ1v) is 9.36. The molecule has 0 bridgehead atoms. The number of ether oxygens (including phenoxy) is 1. The van der Waals surface area contributed by atoms with Gasteiger partial charge >= 0.3 is 0 Å². The molecule has 0 fully saturated rings. The van der Waals surface area contributed by atoms with Gasteiger partial charge < -0.3 is 14.5 Å². The smallest absolute Gasteiger partial charge is 0.244 e. The minimum atomic E-state index is -3.79. The molecule has 0 unspecified atom stereocenters. The highest BCUT2D eigenvalue weighted by molar-refractivity contribution is 7.89. The summed E-state index contributed by atoms with van der Waals surface area (Å²) in [6.45, 7) is 1.75. The molecule has 2 aromatic rings. The summed E-state index contributed by atoms with van der Waals surface area (Å²) in [6, 6.07) is 4.97. The first kappa shape index (κ1) is 19.9. The summed E-state index contributed by atoms with van der Waals surface area (Å²) in [5, 5.41) is 0.